The number of hydrogen-bond acceptors (Lipinski definition) is 4. The molecule has 3 N–H and O–H groups in total. The highest BCUT2D eigenvalue weighted by molar-refractivity contribution is 7.99. The molecule has 1 unspecified atom stereocenters. The van der Waals surface area contributed by atoms with Gasteiger partial charge < -0.3 is 5.32 Å². The van der Waals surface area contributed by atoms with Crippen molar-refractivity contribution in [3.8, 4) is 0 Å². The van der Waals surface area contributed by atoms with Crippen LogP contribution in [0, 0.1) is 0 Å². The van der Waals surface area contributed by atoms with E-state index in [4.69, 9.17) is 5.21 Å². The minimum absolute atomic E-state index is 0.189. The van der Waals surface area contributed by atoms with E-state index in [1.807, 2.05) is 30.3 Å². The van der Waals surface area contributed by atoms with E-state index in [0.29, 0.717) is 6.42 Å². The smallest absolute Gasteiger partial charge is 0.265 e. The molecule has 0 saturated carbocycles. The van der Waals surface area contributed by atoms with Gasteiger partial charge in [-0.1, -0.05) is 56.5 Å². The van der Waals surface area contributed by atoms with Gasteiger partial charge in [0.25, 0.3) is 5.91 Å². The van der Waals surface area contributed by atoms with Gasteiger partial charge in [0, 0.05) is 5.75 Å². The summed E-state index contributed by atoms with van der Waals surface area (Å²) in [6.45, 7) is 2.07. The molecular weight excluding hydrogens is 300 g/mol. The van der Waals surface area contributed by atoms with Crippen LogP contribution in [0.25, 0.3) is 0 Å². The molecule has 5 nitrogen and oxygen atoms in total. The topological polar surface area (TPSA) is 78.4 Å². The van der Waals surface area contributed by atoms with Crippen LogP contribution in [-0.4, -0.2) is 28.8 Å². The molecule has 2 amide bonds. The zero-order valence-electron chi connectivity index (χ0n) is 12.9. The van der Waals surface area contributed by atoms with Crippen LogP contribution in [0.2, 0.25) is 0 Å². The lowest BCUT2D eigenvalue weighted by Crippen LogP contribution is -2.46. The lowest BCUT2D eigenvalue weighted by Gasteiger charge is -2.16. The Bertz CT molecular complexity index is 454. The largest absolute Gasteiger partial charge is 0.344 e. The maximum absolute atomic E-state index is 11.9. The molecule has 0 saturated heterocycles. The molecule has 1 rings (SSSR count). The summed E-state index contributed by atoms with van der Waals surface area (Å²) < 4.78 is 0. The minimum atomic E-state index is -0.665. The molecule has 0 bridgehead atoms. The number of rotatable bonds is 10. The summed E-state index contributed by atoms with van der Waals surface area (Å²) in [5.74, 6) is 0.294. The van der Waals surface area contributed by atoms with Gasteiger partial charge in [0.15, 0.2) is 0 Å². The fraction of sp³-hybridized carbons (Fsp3) is 0.500. The molecule has 122 valence electrons. The lowest BCUT2D eigenvalue weighted by atomic mass is 10.1. The SMILES string of the molecule is CCCCCC(NC(=O)CSCc1ccccc1)C(=O)NO. The number of benzene rings is 1. The fourth-order valence-electron chi connectivity index (χ4n) is 2.02. The number of hydroxylamine groups is 1. The summed E-state index contributed by atoms with van der Waals surface area (Å²) in [6, 6.07) is 9.24. The molecule has 0 radical (unpaired) electrons. The normalized spacial score (nSPS) is 11.7. The second-order valence-electron chi connectivity index (χ2n) is 5.07. The van der Waals surface area contributed by atoms with Crippen LogP contribution in [0.5, 0.6) is 0 Å². The average Bonchev–Trinajstić information content (AvgIpc) is 2.54. The number of nitrogens with one attached hydrogen (secondary N) is 2. The summed E-state index contributed by atoms with van der Waals surface area (Å²) in [7, 11) is 0. The Morgan fingerprint density at radius 1 is 1.23 bits per heavy atom. The molecule has 1 aromatic rings. The van der Waals surface area contributed by atoms with Crippen LogP contribution in [0.1, 0.15) is 38.2 Å². The van der Waals surface area contributed by atoms with Gasteiger partial charge in [-0.2, -0.15) is 0 Å². The number of thioether (sulfide) groups is 1. The van der Waals surface area contributed by atoms with Crippen LogP contribution in [0.15, 0.2) is 30.3 Å². The maximum Gasteiger partial charge on any atom is 0.265 e. The Morgan fingerprint density at radius 2 is 1.95 bits per heavy atom. The van der Waals surface area contributed by atoms with Crippen molar-refractivity contribution >= 4 is 23.6 Å². The van der Waals surface area contributed by atoms with Gasteiger partial charge in [-0.25, -0.2) is 5.48 Å². The van der Waals surface area contributed by atoms with Crippen LogP contribution in [0.4, 0.5) is 0 Å². The van der Waals surface area contributed by atoms with Crippen molar-refractivity contribution in [1.29, 1.82) is 0 Å². The molecule has 0 aliphatic rings. The average molecular weight is 324 g/mol. The molecule has 1 atom stereocenters. The van der Waals surface area contributed by atoms with E-state index in [1.165, 1.54) is 11.8 Å². The van der Waals surface area contributed by atoms with Gasteiger partial charge in [0.05, 0.1) is 5.75 Å². The summed E-state index contributed by atoms with van der Waals surface area (Å²) in [5.41, 5.74) is 2.78. The van der Waals surface area contributed by atoms with Gasteiger partial charge in [0.1, 0.15) is 6.04 Å². The third-order valence-electron chi connectivity index (χ3n) is 3.20. The number of unbranched alkanes of at least 4 members (excludes halogenated alkanes) is 2. The highest BCUT2D eigenvalue weighted by Gasteiger charge is 2.19. The molecule has 0 heterocycles. The van der Waals surface area contributed by atoms with Gasteiger partial charge in [-0.15, -0.1) is 11.8 Å². The number of amides is 2. The van der Waals surface area contributed by atoms with Gasteiger partial charge in [0.2, 0.25) is 5.91 Å². The van der Waals surface area contributed by atoms with Crippen LogP contribution < -0.4 is 10.8 Å². The molecular formula is C16H24N2O3S. The predicted octanol–water partition coefficient (Wildman–Crippen LogP) is 2.49. The van der Waals surface area contributed by atoms with Crippen molar-refractivity contribution in [3.63, 3.8) is 0 Å². The molecule has 0 fully saturated rings. The molecule has 1 aromatic carbocycles. The van der Waals surface area contributed by atoms with Gasteiger partial charge >= 0.3 is 0 Å². The summed E-state index contributed by atoms with van der Waals surface area (Å²) in [6.07, 6.45) is 3.41. The van der Waals surface area contributed by atoms with Crippen molar-refractivity contribution in [2.45, 2.75) is 44.4 Å². The monoisotopic (exact) mass is 324 g/mol. The number of carbonyl (C=O) groups is 2. The van der Waals surface area contributed by atoms with E-state index in [9.17, 15) is 9.59 Å². The molecule has 0 spiro atoms. The van der Waals surface area contributed by atoms with E-state index in [-0.39, 0.29) is 11.7 Å². The highest BCUT2D eigenvalue weighted by Crippen LogP contribution is 2.11. The minimum Gasteiger partial charge on any atom is -0.344 e. The molecule has 0 aliphatic carbocycles. The Balaban J connectivity index is 2.34. The lowest BCUT2D eigenvalue weighted by molar-refractivity contribution is -0.134. The summed E-state index contributed by atoms with van der Waals surface area (Å²) in [5, 5.41) is 11.4. The van der Waals surface area contributed by atoms with Crippen molar-refractivity contribution in [1.82, 2.24) is 10.8 Å². The Hall–Kier alpha value is -1.53. The van der Waals surface area contributed by atoms with E-state index in [1.54, 1.807) is 5.48 Å². The third-order valence-corrected chi connectivity index (χ3v) is 4.21. The molecule has 22 heavy (non-hydrogen) atoms. The first-order chi connectivity index (χ1) is 10.7. The Kier molecular flexibility index (Phi) is 9.34. The van der Waals surface area contributed by atoms with Gasteiger partial charge in [-0.05, 0) is 12.0 Å². The standard InChI is InChI=1S/C16H24N2O3S/c1-2-3-5-10-14(16(20)18-21)17-15(19)12-22-11-13-8-6-4-7-9-13/h4,6-9,14,21H,2-3,5,10-12H2,1H3,(H,17,19)(H,18,20). The first kappa shape index (κ1) is 18.5. The molecule has 0 aromatic heterocycles. The van der Waals surface area contributed by atoms with Gasteiger partial charge in [-0.3, -0.25) is 14.8 Å². The van der Waals surface area contributed by atoms with E-state index in [0.717, 1.165) is 30.6 Å². The zero-order valence-corrected chi connectivity index (χ0v) is 13.7. The van der Waals surface area contributed by atoms with Crippen molar-refractivity contribution < 1.29 is 14.8 Å². The van der Waals surface area contributed by atoms with Crippen LogP contribution >= 0.6 is 11.8 Å². The van der Waals surface area contributed by atoms with Crippen molar-refractivity contribution in [2.75, 3.05) is 5.75 Å². The van der Waals surface area contributed by atoms with Crippen LogP contribution in [-0.2, 0) is 15.3 Å². The van der Waals surface area contributed by atoms with E-state index in [2.05, 4.69) is 12.2 Å². The van der Waals surface area contributed by atoms with Crippen molar-refractivity contribution in [2.24, 2.45) is 0 Å². The first-order valence-electron chi connectivity index (χ1n) is 7.52. The maximum atomic E-state index is 11.9. The fourth-order valence-corrected chi connectivity index (χ4v) is 2.82. The second kappa shape index (κ2) is 11.1. The quantitative estimate of drug-likeness (QED) is 0.351. The van der Waals surface area contributed by atoms with Crippen LogP contribution in [0.3, 0.4) is 0 Å². The number of hydrogen-bond donors (Lipinski definition) is 3. The molecule has 0 aliphatic heterocycles. The molecule has 6 heteroatoms. The highest BCUT2D eigenvalue weighted by atomic mass is 32.2. The van der Waals surface area contributed by atoms with E-state index >= 15 is 0 Å². The predicted molar refractivity (Wildman–Crippen MR) is 88.6 cm³/mol. The Labute approximate surface area is 135 Å². The first-order valence-corrected chi connectivity index (χ1v) is 8.67. The zero-order chi connectivity index (χ0) is 16.2. The summed E-state index contributed by atoms with van der Waals surface area (Å²) in [4.78, 5) is 23.5. The van der Waals surface area contributed by atoms with E-state index < -0.39 is 11.9 Å². The third kappa shape index (κ3) is 7.47. The summed E-state index contributed by atoms with van der Waals surface area (Å²) >= 11 is 1.50. The Morgan fingerprint density at radius 3 is 2.59 bits per heavy atom. The number of carbonyl (C=O) groups excluding carboxylic acids is 2. The second-order valence-corrected chi connectivity index (χ2v) is 6.06. The van der Waals surface area contributed by atoms with Crippen molar-refractivity contribution in [3.05, 3.63) is 35.9 Å².